The Morgan fingerprint density at radius 1 is 1.02 bits per heavy atom. The Morgan fingerprint density at radius 3 is 2.17 bits per heavy atom. The SMILES string of the molecule is C=CC(=O)Nc1cc(N2CCNCC2)ccc1Nc1cc(N(C)C(=O)Nc2c(Cl)c(OC)cc(OC)c2Cl)ncn1.O=C(O)C(F)(F)F. The number of carbonyl (C=O) groups is 3. The van der Waals surface area contributed by atoms with E-state index in [0.29, 0.717) is 17.2 Å². The molecule has 0 saturated carbocycles. The number of anilines is 6. The zero-order valence-electron chi connectivity index (χ0n) is 25.7. The number of urea groups is 1. The molecule has 1 aliphatic heterocycles. The number of alkyl halides is 3. The van der Waals surface area contributed by atoms with Gasteiger partial charge in [-0.1, -0.05) is 29.8 Å². The van der Waals surface area contributed by atoms with Crippen LogP contribution in [0.5, 0.6) is 11.5 Å². The van der Waals surface area contributed by atoms with Crippen molar-refractivity contribution in [2.24, 2.45) is 0 Å². The van der Waals surface area contributed by atoms with E-state index in [1.165, 1.54) is 44.6 Å². The molecule has 0 spiro atoms. The van der Waals surface area contributed by atoms with Crippen molar-refractivity contribution >= 4 is 75.5 Å². The number of aliphatic carboxylic acids is 1. The summed E-state index contributed by atoms with van der Waals surface area (Å²) < 4.78 is 42.3. The minimum atomic E-state index is -5.08. The molecule has 0 atom stereocenters. The van der Waals surface area contributed by atoms with Crippen molar-refractivity contribution in [3.8, 4) is 11.5 Å². The molecule has 1 saturated heterocycles. The predicted octanol–water partition coefficient (Wildman–Crippen LogP) is 5.38. The Morgan fingerprint density at radius 2 is 1.62 bits per heavy atom. The first-order valence-electron chi connectivity index (χ1n) is 13.8. The number of aromatic nitrogens is 2. The highest BCUT2D eigenvalue weighted by molar-refractivity contribution is 6.41. The van der Waals surface area contributed by atoms with Crippen molar-refractivity contribution in [2.45, 2.75) is 6.18 Å². The van der Waals surface area contributed by atoms with Gasteiger partial charge in [0.05, 0.1) is 31.3 Å². The molecule has 258 valence electrons. The van der Waals surface area contributed by atoms with Crippen LogP contribution in [0.1, 0.15) is 0 Å². The zero-order chi connectivity index (χ0) is 35.6. The summed E-state index contributed by atoms with van der Waals surface area (Å²) >= 11 is 12.8. The van der Waals surface area contributed by atoms with E-state index in [9.17, 15) is 22.8 Å². The summed E-state index contributed by atoms with van der Waals surface area (Å²) in [5.41, 5.74) is 2.25. The number of methoxy groups -OCH3 is 2. The third-order valence-electron chi connectivity index (χ3n) is 6.54. The lowest BCUT2D eigenvalue weighted by Crippen LogP contribution is -2.43. The van der Waals surface area contributed by atoms with Gasteiger partial charge in [0.2, 0.25) is 5.91 Å². The maximum atomic E-state index is 13.2. The Labute approximate surface area is 282 Å². The molecule has 0 aliphatic carbocycles. The Bertz CT molecular complexity index is 1630. The third-order valence-corrected chi connectivity index (χ3v) is 7.29. The average Bonchev–Trinajstić information content (AvgIpc) is 3.07. The first-order valence-corrected chi connectivity index (χ1v) is 14.5. The average molecular weight is 716 g/mol. The van der Waals surface area contributed by atoms with Crippen molar-refractivity contribution in [3.05, 3.63) is 59.4 Å². The van der Waals surface area contributed by atoms with E-state index >= 15 is 0 Å². The molecule has 5 N–H and O–H groups in total. The minimum Gasteiger partial charge on any atom is -0.495 e. The molecule has 0 radical (unpaired) electrons. The van der Waals surface area contributed by atoms with Crippen molar-refractivity contribution in [3.63, 3.8) is 0 Å². The number of rotatable bonds is 9. The second-order valence-corrected chi connectivity index (χ2v) is 10.4. The quantitative estimate of drug-likeness (QED) is 0.180. The zero-order valence-corrected chi connectivity index (χ0v) is 27.3. The van der Waals surface area contributed by atoms with Crippen LogP contribution in [0.2, 0.25) is 10.0 Å². The van der Waals surface area contributed by atoms with Gasteiger partial charge in [-0.2, -0.15) is 13.2 Å². The van der Waals surface area contributed by atoms with Crippen LogP contribution in [0.25, 0.3) is 0 Å². The molecular weight excluding hydrogens is 684 g/mol. The van der Waals surface area contributed by atoms with E-state index in [2.05, 4.69) is 42.7 Å². The van der Waals surface area contributed by atoms with Gasteiger partial charge in [0, 0.05) is 51.0 Å². The second kappa shape index (κ2) is 16.7. The summed E-state index contributed by atoms with van der Waals surface area (Å²) in [5.74, 6) is -1.89. The van der Waals surface area contributed by atoms with Crippen molar-refractivity contribution in [2.75, 3.05) is 73.2 Å². The number of hydrogen-bond acceptors (Lipinski definition) is 10. The van der Waals surface area contributed by atoms with Crippen molar-refractivity contribution in [1.82, 2.24) is 15.3 Å². The van der Waals surface area contributed by atoms with E-state index in [-0.39, 0.29) is 39.0 Å². The van der Waals surface area contributed by atoms with E-state index < -0.39 is 18.2 Å². The maximum Gasteiger partial charge on any atom is 0.490 e. The van der Waals surface area contributed by atoms with E-state index in [0.717, 1.165) is 31.9 Å². The lowest BCUT2D eigenvalue weighted by atomic mass is 10.2. The van der Waals surface area contributed by atoms with Crippen LogP contribution in [-0.4, -0.2) is 86.6 Å². The molecule has 0 unspecified atom stereocenters. The molecule has 3 amide bonds. The van der Waals surface area contributed by atoms with Crippen molar-refractivity contribution < 1.29 is 42.1 Å². The van der Waals surface area contributed by atoms with Gasteiger partial charge in [-0.3, -0.25) is 9.69 Å². The number of carbonyl (C=O) groups excluding carboxylic acids is 2. The van der Waals surface area contributed by atoms with Gasteiger partial charge in [-0.15, -0.1) is 0 Å². The van der Waals surface area contributed by atoms with Gasteiger partial charge in [-0.05, 0) is 24.3 Å². The number of nitrogens with one attached hydrogen (secondary N) is 4. The summed E-state index contributed by atoms with van der Waals surface area (Å²) in [4.78, 5) is 46.2. The smallest absolute Gasteiger partial charge is 0.490 e. The fraction of sp³-hybridized carbons (Fsp3) is 0.276. The fourth-order valence-corrected chi connectivity index (χ4v) is 4.67. The summed E-state index contributed by atoms with van der Waals surface area (Å²) in [6.45, 7) is 7.00. The normalized spacial score (nSPS) is 12.5. The highest BCUT2D eigenvalue weighted by atomic mass is 35.5. The molecule has 3 aromatic rings. The number of carboxylic acids is 1. The summed E-state index contributed by atoms with van der Waals surface area (Å²) in [6.07, 6.45) is -2.57. The lowest BCUT2D eigenvalue weighted by Gasteiger charge is -2.30. The fourth-order valence-electron chi connectivity index (χ4n) is 4.08. The molecule has 1 aliphatic rings. The standard InChI is InChI=1S/C27H30Cl2N8O4.C2HF3O2/c1-5-23(38)34-18-12-16(37-10-8-30-9-11-37)6-7-17(18)33-21-14-22(32-15-31-21)36(2)27(39)35-26-24(28)19(40-3)13-20(41-4)25(26)29;3-2(4,5)1(6)7/h5-7,12-15,30H,1,8-11H2,2-4H3,(H,34,38)(H,35,39)(H,31,32,33);(H,6,7). The van der Waals surface area contributed by atoms with Gasteiger partial charge >= 0.3 is 18.2 Å². The first-order chi connectivity index (χ1) is 22.7. The molecule has 48 heavy (non-hydrogen) atoms. The summed E-state index contributed by atoms with van der Waals surface area (Å²) in [7, 11) is 4.40. The minimum absolute atomic E-state index is 0.114. The van der Waals surface area contributed by atoms with Gasteiger partial charge in [0.25, 0.3) is 0 Å². The lowest BCUT2D eigenvalue weighted by molar-refractivity contribution is -0.192. The molecule has 19 heteroatoms. The van der Waals surface area contributed by atoms with E-state index in [1.54, 1.807) is 6.07 Å². The third kappa shape index (κ3) is 9.76. The number of piperazine rings is 1. The molecule has 0 bridgehead atoms. The van der Waals surface area contributed by atoms with Crippen LogP contribution in [0, 0.1) is 0 Å². The molecule has 1 fully saturated rings. The maximum absolute atomic E-state index is 13.2. The van der Waals surface area contributed by atoms with Crippen LogP contribution in [0.3, 0.4) is 0 Å². The number of amides is 3. The number of halogens is 5. The molecule has 2 aromatic carbocycles. The topological polar surface area (TPSA) is 170 Å². The molecule has 14 nitrogen and oxygen atoms in total. The highest BCUT2D eigenvalue weighted by Crippen LogP contribution is 2.44. The van der Waals surface area contributed by atoms with Crippen LogP contribution in [0.4, 0.5) is 52.4 Å². The number of benzene rings is 2. The van der Waals surface area contributed by atoms with Crippen molar-refractivity contribution in [1.29, 1.82) is 0 Å². The Kier molecular flexibility index (Phi) is 13.0. The highest BCUT2D eigenvalue weighted by Gasteiger charge is 2.38. The number of nitrogens with zero attached hydrogens (tertiary/aromatic N) is 4. The van der Waals surface area contributed by atoms with Gasteiger partial charge in [0.15, 0.2) is 0 Å². The Hall–Kier alpha value is -5.00. The summed E-state index contributed by atoms with van der Waals surface area (Å²) in [6, 6.07) is 8.25. The molecule has 2 heterocycles. The monoisotopic (exact) mass is 714 g/mol. The van der Waals surface area contributed by atoms with Gasteiger partial charge in [0.1, 0.15) is 39.5 Å². The largest absolute Gasteiger partial charge is 0.495 e. The van der Waals surface area contributed by atoms with Gasteiger partial charge in [-0.25, -0.2) is 19.6 Å². The number of hydrogen-bond donors (Lipinski definition) is 5. The van der Waals surface area contributed by atoms with Crippen LogP contribution in [-0.2, 0) is 9.59 Å². The van der Waals surface area contributed by atoms with E-state index in [1.807, 2.05) is 18.2 Å². The van der Waals surface area contributed by atoms with Crippen LogP contribution >= 0.6 is 23.2 Å². The predicted molar refractivity (Wildman–Crippen MR) is 176 cm³/mol. The molecular formula is C29H31Cl2F3N8O6. The number of ether oxygens (including phenoxy) is 2. The second-order valence-electron chi connectivity index (χ2n) is 9.62. The molecule has 4 rings (SSSR count). The van der Waals surface area contributed by atoms with Gasteiger partial charge < -0.3 is 40.7 Å². The van der Waals surface area contributed by atoms with Crippen LogP contribution in [0.15, 0.2) is 49.3 Å². The number of carboxylic acid groups (broad SMARTS) is 1. The molecule has 1 aromatic heterocycles. The van der Waals surface area contributed by atoms with E-state index in [4.69, 9.17) is 42.6 Å². The Balaban J connectivity index is 0.000000804. The summed E-state index contributed by atoms with van der Waals surface area (Å²) in [5, 5.41) is 19.4. The van der Waals surface area contributed by atoms with Crippen LogP contribution < -0.4 is 40.5 Å². The first kappa shape index (κ1) is 37.5.